The molecule has 2 nitrogen and oxygen atoms in total. The molecule has 0 spiro atoms. The van der Waals surface area contributed by atoms with Crippen molar-refractivity contribution in [3.63, 3.8) is 0 Å². The molecule has 0 saturated heterocycles. The van der Waals surface area contributed by atoms with Gasteiger partial charge in [0.2, 0.25) is 0 Å². The summed E-state index contributed by atoms with van der Waals surface area (Å²) in [5, 5.41) is 3.03. The van der Waals surface area contributed by atoms with E-state index in [-0.39, 0.29) is 0 Å². The lowest BCUT2D eigenvalue weighted by Gasteiger charge is -1.99. The maximum atomic E-state index is 10.0. The number of allylic oxidation sites excluding steroid dienone is 2. The van der Waals surface area contributed by atoms with E-state index in [0.717, 1.165) is 24.8 Å². The number of aldehydes is 1. The molecule has 0 unspecified atom stereocenters. The van der Waals surface area contributed by atoms with E-state index >= 15 is 0 Å². The van der Waals surface area contributed by atoms with E-state index in [1.165, 1.54) is 0 Å². The Hall–Kier alpha value is -0.890. The van der Waals surface area contributed by atoms with Gasteiger partial charge in [0, 0.05) is 6.42 Å². The van der Waals surface area contributed by atoms with Crippen LogP contribution < -0.4 is 5.32 Å². The van der Waals surface area contributed by atoms with Crippen LogP contribution in [0.4, 0.5) is 0 Å². The Labute approximate surface area is 68.0 Å². The Kier molecular flexibility index (Phi) is 6.64. The molecule has 2 heteroatoms. The first-order valence-electron chi connectivity index (χ1n) is 3.74. The van der Waals surface area contributed by atoms with E-state index in [4.69, 9.17) is 0 Å². The summed E-state index contributed by atoms with van der Waals surface area (Å²) in [5.74, 6) is 0. The van der Waals surface area contributed by atoms with E-state index in [2.05, 4.69) is 11.9 Å². The summed E-state index contributed by atoms with van der Waals surface area (Å²) in [4.78, 5) is 10.0. The van der Waals surface area contributed by atoms with Crippen LogP contribution in [-0.4, -0.2) is 19.9 Å². The molecular weight excluding hydrogens is 138 g/mol. The van der Waals surface area contributed by atoms with Crippen LogP contribution in [0.2, 0.25) is 0 Å². The normalized spacial score (nSPS) is 11.2. The van der Waals surface area contributed by atoms with Gasteiger partial charge in [-0.25, -0.2) is 0 Å². The number of hydrogen-bond acceptors (Lipinski definition) is 2. The standard InChI is InChI=1S/C9H15NO/c1-3-9(5-4-8-11)6-7-10-2/h3,5,8,10H,1,4,6-7H2,2H3/b9-5+. The fourth-order valence-electron chi connectivity index (χ4n) is 0.756. The van der Waals surface area contributed by atoms with Gasteiger partial charge < -0.3 is 10.1 Å². The largest absolute Gasteiger partial charge is 0.319 e. The van der Waals surface area contributed by atoms with Gasteiger partial charge in [-0.3, -0.25) is 0 Å². The zero-order chi connectivity index (χ0) is 8.53. The van der Waals surface area contributed by atoms with E-state index < -0.39 is 0 Å². The fourth-order valence-corrected chi connectivity index (χ4v) is 0.756. The van der Waals surface area contributed by atoms with Gasteiger partial charge >= 0.3 is 0 Å². The van der Waals surface area contributed by atoms with Gasteiger partial charge in [-0.05, 0) is 20.0 Å². The van der Waals surface area contributed by atoms with Crippen LogP contribution in [0, 0.1) is 0 Å². The lowest BCUT2D eigenvalue weighted by atomic mass is 10.1. The third kappa shape index (κ3) is 5.55. The summed E-state index contributed by atoms with van der Waals surface area (Å²) in [5.41, 5.74) is 1.13. The van der Waals surface area contributed by atoms with Gasteiger partial charge in [0.15, 0.2) is 0 Å². The van der Waals surface area contributed by atoms with Gasteiger partial charge in [0.05, 0.1) is 0 Å². The highest BCUT2D eigenvalue weighted by Gasteiger charge is 1.89. The molecule has 0 aliphatic heterocycles. The smallest absolute Gasteiger partial charge is 0.123 e. The number of carbonyl (C=O) groups excluding carboxylic acids is 1. The molecule has 0 atom stereocenters. The predicted molar refractivity (Wildman–Crippen MR) is 47.5 cm³/mol. The molecule has 0 rings (SSSR count). The van der Waals surface area contributed by atoms with Gasteiger partial charge in [-0.2, -0.15) is 0 Å². The van der Waals surface area contributed by atoms with Gasteiger partial charge in [-0.15, -0.1) is 0 Å². The first kappa shape index (κ1) is 10.1. The van der Waals surface area contributed by atoms with Crippen LogP contribution in [0.25, 0.3) is 0 Å². The number of hydrogen-bond donors (Lipinski definition) is 1. The van der Waals surface area contributed by atoms with Crippen molar-refractivity contribution in [1.29, 1.82) is 0 Å². The van der Waals surface area contributed by atoms with E-state index in [1.54, 1.807) is 6.08 Å². The zero-order valence-corrected chi connectivity index (χ0v) is 6.97. The molecule has 0 saturated carbocycles. The van der Waals surface area contributed by atoms with Crippen molar-refractivity contribution in [3.8, 4) is 0 Å². The number of carbonyl (C=O) groups is 1. The summed E-state index contributed by atoms with van der Waals surface area (Å²) in [6.07, 6.45) is 6.01. The summed E-state index contributed by atoms with van der Waals surface area (Å²) >= 11 is 0. The molecule has 0 aromatic carbocycles. The monoisotopic (exact) mass is 153 g/mol. The van der Waals surface area contributed by atoms with Crippen molar-refractivity contribution in [1.82, 2.24) is 5.32 Å². The minimum absolute atomic E-state index is 0.491. The first-order chi connectivity index (χ1) is 5.35. The maximum absolute atomic E-state index is 10.0. The van der Waals surface area contributed by atoms with Crippen LogP contribution in [0.5, 0.6) is 0 Å². The van der Waals surface area contributed by atoms with Gasteiger partial charge in [-0.1, -0.05) is 24.3 Å². The number of rotatable bonds is 6. The first-order valence-corrected chi connectivity index (χ1v) is 3.74. The second-order valence-corrected chi connectivity index (χ2v) is 2.24. The minimum Gasteiger partial charge on any atom is -0.319 e. The Morgan fingerprint density at radius 2 is 2.36 bits per heavy atom. The molecule has 0 fully saturated rings. The average molecular weight is 153 g/mol. The lowest BCUT2D eigenvalue weighted by Crippen LogP contribution is -2.07. The van der Waals surface area contributed by atoms with E-state index in [0.29, 0.717) is 6.42 Å². The summed E-state index contributed by atoms with van der Waals surface area (Å²) < 4.78 is 0. The highest BCUT2D eigenvalue weighted by atomic mass is 16.1. The quantitative estimate of drug-likeness (QED) is 0.460. The van der Waals surface area contributed by atoms with Crippen LogP contribution in [0.15, 0.2) is 24.3 Å². The van der Waals surface area contributed by atoms with Crippen molar-refractivity contribution in [2.24, 2.45) is 0 Å². The van der Waals surface area contributed by atoms with Crippen LogP contribution >= 0.6 is 0 Å². The Balaban J connectivity index is 3.72. The number of nitrogens with one attached hydrogen (secondary N) is 1. The molecule has 0 heterocycles. The van der Waals surface area contributed by atoms with E-state index in [1.807, 2.05) is 13.1 Å². The third-order valence-electron chi connectivity index (χ3n) is 1.40. The molecule has 11 heavy (non-hydrogen) atoms. The minimum atomic E-state index is 0.491. The van der Waals surface area contributed by atoms with Crippen LogP contribution in [-0.2, 0) is 4.79 Å². The third-order valence-corrected chi connectivity index (χ3v) is 1.40. The molecule has 0 aliphatic carbocycles. The Morgan fingerprint density at radius 1 is 1.64 bits per heavy atom. The Bertz CT molecular complexity index is 150. The molecule has 0 radical (unpaired) electrons. The topological polar surface area (TPSA) is 29.1 Å². The molecule has 62 valence electrons. The molecule has 0 aromatic heterocycles. The van der Waals surface area contributed by atoms with Crippen molar-refractivity contribution in [2.45, 2.75) is 12.8 Å². The summed E-state index contributed by atoms with van der Waals surface area (Å²) in [6, 6.07) is 0. The van der Waals surface area contributed by atoms with Crippen molar-refractivity contribution >= 4 is 6.29 Å². The molecule has 0 amide bonds. The van der Waals surface area contributed by atoms with Gasteiger partial charge in [0.25, 0.3) is 0 Å². The molecule has 0 aliphatic rings. The average Bonchev–Trinajstić information content (AvgIpc) is 2.05. The molecule has 0 aromatic rings. The summed E-state index contributed by atoms with van der Waals surface area (Å²) in [7, 11) is 1.90. The lowest BCUT2D eigenvalue weighted by molar-refractivity contribution is -0.107. The van der Waals surface area contributed by atoms with Crippen molar-refractivity contribution in [2.75, 3.05) is 13.6 Å². The Morgan fingerprint density at radius 3 is 2.82 bits per heavy atom. The molecule has 0 bridgehead atoms. The van der Waals surface area contributed by atoms with Crippen LogP contribution in [0.1, 0.15) is 12.8 Å². The molecule has 1 N–H and O–H groups in total. The van der Waals surface area contributed by atoms with Crippen molar-refractivity contribution < 1.29 is 4.79 Å². The predicted octanol–water partition coefficient (Wildman–Crippen LogP) is 1.30. The maximum Gasteiger partial charge on any atom is 0.123 e. The van der Waals surface area contributed by atoms with Crippen molar-refractivity contribution in [3.05, 3.63) is 24.3 Å². The molecular formula is C9H15NO. The highest BCUT2D eigenvalue weighted by molar-refractivity contribution is 5.52. The van der Waals surface area contributed by atoms with Gasteiger partial charge in [0.1, 0.15) is 6.29 Å². The second kappa shape index (κ2) is 7.22. The zero-order valence-electron chi connectivity index (χ0n) is 6.97. The second-order valence-electron chi connectivity index (χ2n) is 2.24. The highest BCUT2D eigenvalue weighted by Crippen LogP contribution is 2.01. The summed E-state index contributed by atoms with van der Waals surface area (Å²) in [6.45, 7) is 4.58. The SMILES string of the molecule is C=C/C(=C\CC=O)CCNC. The van der Waals surface area contributed by atoms with Crippen LogP contribution in [0.3, 0.4) is 0 Å². The fraction of sp³-hybridized carbons (Fsp3) is 0.444. The van der Waals surface area contributed by atoms with E-state index in [9.17, 15) is 4.79 Å².